The molecule has 3 aromatic rings. The molecule has 1 aromatic heterocycles. The summed E-state index contributed by atoms with van der Waals surface area (Å²) in [4.78, 5) is 16.1. The standard InChI is InChI=1S/C19H16FN3O.2ClH/c20-16-7-5-14(6-8-16)18(21)13-1-3-15(4-2-13)19(24)23-17-9-11-22-12-10-17;;/h1-12,18H,21H2,(H,22,23,24);2*1H. The molecule has 1 atom stereocenters. The zero-order valence-electron chi connectivity index (χ0n) is 13.6. The van der Waals surface area contributed by atoms with E-state index in [4.69, 9.17) is 5.73 Å². The van der Waals surface area contributed by atoms with Gasteiger partial charge in [0.1, 0.15) is 5.82 Å². The van der Waals surface area contributed by atoms with Crippen molar-refractivity contribution in [2.45, 2.75) is 6.04 Å². The van der Waals surface area contributed by atoms with Gasteiger partial charge >= 0.3 is 0 Å². The van der Waals surface area contributed by atoms with Gasteiger partial charge in [0.15, 0.2) is 0 Å². The number of rotatable bonds is 4. The molecule has 26 heavy (non-hydrogen) atoms. The number of hydrogen-bond donors (Lipinski definition) is 2. The molecule has 0 aliphatic carbocycles. The molecule has 0 spiro atoms. The smallest absolute Gasteiger partial charge is 0.255 e. The molecule has 7 heteroatoms. The summed E-state index contributed by atoms with van der Waals surface area (Å²) in [5, 5.41) is 2.79. The molecule has 4 nitrogen and oxygen atoms in total. The van der Waals surface area contributed by atoms with Gasteiger partial charge in [-0.3, -0.25) is 9.78 Å². The van der Waals surface area contributed by atoms with Crippen LogP contribution in [-0.2, 0) is 0 Å². The van der Waals surface area contributed by atoms with Crippen molar-refractivity contribution in [1.82, 2.24) is 4.98 Å². The largest absolute Gasteiger partial charge is 0.322 e. The Hall–Kier alpha value is -2.47. The average Bonchev–Trinajstić information content (AvgIpc) is 2.63. The van der Waals surface area contributed by atoms with Crippen molar-refractivity contribution in [1.29, 1.82) is 0 Å². The van der Waals surface area contributed by atoms with Crippen molar-refractivity contribution in [3.8, 4) is 0 Å². The number of anilines is 1. The number of hydrogen-bond acceptors (Lipinski definition) is 3. The number of carbonyl (C=O) groups excluding carboxylic acids is 1. The Bertz CT molecular complexity index is 828. The molecule has 0 aliphatic heterocycles. The van der Waals surface area contributed by atoms with Crippen LogP contribution in [0.2, 0.25) is 0 Å². The van der Waals surface area contributed by atoms with Gasteiger partial charge in [-0.1, -0.05) is 24.3 Å². The Morgan fingerprint density at radius 2 is 1.38 bits per heavy atom. The highest BCUT2D eigenvalue weighted by atomic mass is 35.5. The summed E-state index contributed by atoms with van der Waals surface area (Å²) in [7, 11) is 0. The van der Waals surface area contributed by atoms with Crippen LogP contribution in [0, 0.1) is 5.82 Å². The zero-order valence-corrected chi connectivity index (χ0v) is 15.3. The zero-order chi connectivity index (χ0) is 16.9. The van der Waals surface area contributed by atoms with Crippen LogP contribution in [0.4, 0.5) is 10.1 Å². The van der Waals surface area contributed by atoms with Crippen LogP contribution in [0.15, 0.2) is 73.1 Å². The van der Waals surface area contributed by atoms with Gasteiger partial charge in [0.25, 0.3) is 5.91 Å². The van der Waals surface area contributed by atoms with Crippen molar-refractivity contribution >= 4 is 36.4 Å². The summed E-state index contributed by atoms with van der Waals surface area (Å²) >= 11 is 0. The second kappa shape index (κ2) is 9.87. The van der Waals surface area contributed by atoms with E-state index in [2.05, 4.69) is 10.3 Å². The van der Waals surface area contributed by atoms with Gasteiger partial charge in [0, 0.05) is 23.6 Å². The number of nitrogens with one attached hydrogen (secondary N) is 1. The maximum Gasteiger partial charge on any atom is 0.255 e. The van der Waals surface area contributed by atoms with Crippen molar-refractivity contribution in [3.05, 3.63) is 95.6 Å². The molecule has 3 rings (SSSR count). The van der Waals surface area contributed by atoms with E-state index in [1.54, 1.807) is 60.9 Å². The molecule has 0 radical (unpaired) electrons. The Morgan fingerprint density at radius 1 is 0.885 bits per heavy atom. The first-order chi connectivity index (χ1) is 11.6. The molecule has 1 amide bonds. The fraction of sp³-hybridized carbons (Fsp3) is 0.0526. The molecule has 2 aromatic carbocycles. The molecule has 0 aliphatic rings. The lowest BCUT2D eigenvalue weighted by Gasteiger charge is -2.13. The van der Waals surface area contributed by atoms with Crippen LogP contribution in [0.25, 0.3) is 0 Å². The third-order valence-corrected chi connectivity index (χ3v) is 3.70. The van der Waals surface area contributed by atoms with Crippen molar-refractivity contribution in [3.63, 3.8) is 0 Å². The SMILES string of the molecule is Cl.Cl.NC(c1ccc(F)cc1)c1ccc(C(=O)Nc2ccncc2)cc1. The number of benzene rings is 2. The van der Waals surface area contributed by atoms with Gasteiger partial charge < -0.3 is 11.1 Å². The fourth-order valence-corrected chi connectivity index (χ4v) is 2.34. The minimum absolute atomic E-state index is 0. The Balaban J connectivity index is 0.00000169. The predicted molar refractivity (Wildman–Crippen MR) is 106 cm³/mol. The number of nitrogens with zero attached hydrogens (tertiary/aromatic N) is 1. The first-order valence-electron chi connectivity index (χ1n) is 7.46. The second-order valence-corrected chi connectivity index (χ2v) is 5.34. The summed E-state index contributed by atoms with van der Waals surface area (Å²) in [6, 6.07) is 16.2. The Morgan fingerprint density at radius 3 is 1.92 bits per heavy atom. The highest BCUT2D eigenvalue weighted by Crippen LogP contribution is 2.20. The van der Waals surface area contributed by atoms with E-state index in [1.165, 1.54) is 12.1 Å². The molecule has 0 bridgehead atoms. The number of aromatic nitrogens is 1. The quantitative estimate of drug-likeness (QED) is 0.691. The molecular weight excluding hydrogens is 376 g/mol. The van der Waals surface area contributed by atoms with Gasteiger partial charge in [0.2, 0.25) is 0 Å². The highest BCUT2D eigenvalue weighted by Gasteiger charge is 2.11. The maximum atomic E-state index is 13.0. The third kappa shape index (κ3) is 5.26. The lowest BCUT2D eigenvalue weighted by atomic mass is 9.98. The highest BCUT2D eigenvalue weighted by molar-refractivity contribution is 6.04. The maximum absolute atomic E-state index is 13.0. The van der Waals surface area contributed by atoms with E-state index in [1.807, 2.05) is 0 Å². The van der Waals surface area contributed by atoms with Crippen molar-refractivity contribution in [2.24, 2.45) is 5.73 Å². The molecule has 1 heterocycles. The van der Waals surface area contributed by atoms with Gasteiger partial charge in [-0.05, 0) is 47.5 Å². The van der Waals surface area contributed by atoms with Crippen LogP contribution in [0.5, 0.6) is 0 Å². The van der Waals surface area contributed by atoms with E-state index >= 15 is 0 Å². The molecular formula is C19H18Cl2FN3O. The first-order valence-corrected chi connectivity index (χ1v) is 7.46. The van der Waals surface area contributed by atoms with E-state index in [0.29, 0.717) is 11.3 Å². The lowest BCUT2D eigenvalue weighted by molar-refractivity contribution is 0.102. The summed E-state index contributed by atoms with van der Waals surface area (Å²) in [6.45, 7) is 0. The van der Waals surface area contributed by atoms with Gasteiger partial charge in [-0.25, -0.2) is 4.39 Å². The molecule has 1 unspecified atom stereocenters. The number of nitrogens with two attached hydrogens (primary N) is 1. The van der Waals surface area contributed by atoms with Crippen molar-refractivity contribution in [2.75, 3.05) is 5.32 Å². The van der Waals surface area contributed by atoms with E-state index in [-0.39, 0.29) is 42.6 Å². The summed E-state index contributed by atoms with van der Waals surface area (Å²) in [5.41, 5.74) is 9.06. The Labute approximate surface area is 163 Å². The normalized spacial score (nSPS) is 10.8. The summed E-state index contributed by atoms with van der Waals surface area (Å²) < 4.78 is 13.0. The number of amides is 1. The van der Waals surface area contributed by atoms with Crippen LogP contribution in [0.1, 0.15) is 27.5 Å². The summed E-state index contributed by atoms with van der Waals surface area (Å²) in [6.07, 6.45) is 3.22. The third-order valence-electron chi connectivity index (χ3n) is 3.70. The minimum atomic E-state index is -0.372. The van der Waals surface area contributed by atoms with Crippen LogP contribution in [-0.4, -0.2) is 10.9 Å². The van der Waals surface area contributed by atoms with Crippen molar-refractivity contribution < 1.29 is 9.18 Å². The second-order valence-electron chi connectivity index (χ2n) is 5.34. The van der Waals surface area contributed by atoms with Crippen LogP contribution >= 0.6 is 24.8 Å². The monoisotopic (exact) mass is 393 g/mol. The fourth-order valence-electron chi connectivity index (χ4n) is 2.34. The van der Waals surface area contributed by atoms with E-state index in [0.717, 1.165) is 11.1 Å². The number of halogens is 3. The number of carbonyl (C=O) groups is 1. The summed E-state index contributed by atoms with van der Waals surface area (Å²) in [5.74, 6) is -0.503. The molecule has 0 saturated carbocycles. The number of pyridine rings is 1. The van der Waals surface area contributed by atoms with Gasteiger partial charge in [0.05, 0.1) is 6.04 Å². The lowest BCUT2D eigenvalue weighted by Crippen LogP contribution is -2.14. The Kier molecular flexibility index (Phi) is 8.19. The molecule has 0 fully saturated rings. The minimum Gasteiger partial charge on any atom is -0.322 e. The molecule has 3 N–H and O–H groups in total. The van der Waals surface area contributed by atoms with E-state index in [9.17, 15) is 9.18 Å². The topological polar surface area (TPSA) is 68.0 Å². The molecule has 0 saturated heterocycles. The van der Waals surface area contributed by atoms with Crippen LogP contribution < -0.4 is 11.1 Å². The predicted octanol–water partition coefficient (Wildman–Crippen LogP) is 4.36. The molecule has 136 valence electrons. The van der Waals surface area contributed by atoms with Gasteiger partial charge in [-0.15, -0.1) is 24.8 Å². The average molecular weight is 394 g/mol. The van der Waals surface area contributed by atoms with Crippen LogP contribution in [0.3, 0.4) is 0 Å². The first kappa shape index (κ1) is 21.6. The van der Waals surface area contributed by atoms with Gasteiger partial charge in [-0.2, -0.15) is 0 Å². The van der Waals surface area contributed by atoms with E-state index < -0.39 is 0 Å².